The van der Waals surface area contributed by atoms with E-state index < -0.39 is 46.8 Å². The number of pyridine rings is 1. The van der Waals surface area contributed by atoms with Crippen LogP contribution in [-0.2, 0) is 38.4 Å². The number of imidazole rings is 1. The number of Topliss-reactive ketones (excluding diaryl/α,β-unsaturated/α-hetero) is 1. The third kappa shape index (κ3) is 9.33. The molecule has 254 valence electrons. The maximum absolute atomic E-state index is 14.8. The van der Waals surface area contributed by atoms with Gasteiger partial charge in [-0.2, -0.15) is 0 Å². The van der Waals surface area contributed by atoms with Crippen molar-refractivity contribution in [3.8, 4) is 0 Å². The quantitative estimate of drug-likeness (QED) is 0.280. The molecular weight excluding hydrogens is 616 g/mol. The van der Waals surface area contributed by atoms with Crippen LogP contribution in [0.5, 0.6) is 0 Å². The maximum Gasteiger partial charge on any atom is 0.420 e. The minimum Gasteiger partial charge on any atom is -0.453 e. The van der Waals surface area contributed by atoms with Crippen molar-refractivity contribution < 1.29 is 37.4 Å². The summed E-state index contributed by atoms with van der Waals surface area (Å²) in [6, 6.07) is 2.85. The molecule has 1 aromatic carbocycles. The van der Waals surface area contributed by atoms with E-state index in [1.807, 2.05) is 0 Å². The third-order valence-corrected chi connectivity index (χ3v) is 7.05. The first-order chi connectivity index (χ1) is 22.1. The number of allylic oxidation sites excluding steroid dienone is 1. The minimum atomic E-state index is -1.15. The van der Waals surface area contributed by atoms with Crippen molar-refractivity contribution in [3.05, 3.63) is 75.5 Å². The van der Waals surface area contributed by atoms with Crippen LogP contribution >= 0.6 is 0 Å². The second-order valence-corrected chi connectivity index (χ2v) is 12.1. The van der Waals surface area contributed by atoms with E-state index >= 15 is 0 Å². The van der Waals surface area contributed by atoms with E-state index in [1.54, 1.807) is 47.9 Å². The van der Waals surface area contributed by atoms with Gasteiger partial charge in [0.2, 0.25) is 5.91 Å². The molecule has 0 aliphatic carbocycles. The zero-order chi connectivity index (χ0) is 35.1. The molecule has 14 heteroatoms. The number of methoxy groups -OCH3 is 1. The van der Waals surface area contributed by atoms with E-state index in [0.29, 0.717) is 6.42 Å². The highest BCUT2D eigenvalue weighted by Crippen LogP contribution is 2.28. The molecule has 2 aromatic heterocycles. The van der Waals surface area contributed by atoms with Gasteiger partial charge in [-0.05, 0) is 52.2 Å². The molecule has 0 aliphatic rings. The number of ketones is 1. The van der Waals surface area contributed by atoms with E-state index in [-0.39, 0.29) is 66.1 Å². The van der Waals surface area contributed by atoms with E-state index in [0.717, 1.165) is 17.7 Å². The third-order valence-electron chi connectivity index (χ3n) is 7.05. The number of alkyl carbamates (subject to hydrolysis) is 1. The highest BCUT2D eigenvalue weighted by Gasteiger charge is 2.28. The lowest BCUT2D eigenvalue weighted by Gasteiger charge is -2.20. The number of carbonyl (C=O) groups excluding carboxylic acids is 4. The number of hydrogen-bond acceptors (Lipinski definition) is 8. The number of nitrogens with zero attached hydrogens (tertiary/aromatic N) is 4. The summed E-state index contributed by atoms with van der Waals surface area (Å²) in [6.07, 6.45) is 3.35. The summed E-state index contributed by atoms with van der Waals surface area (Å²) >= 11 is 0. The van der Waals surface area contributed by atoms with Gasteiger partial charge in [0.05, 0.1) is 30.7 Å². The molecule has 1 N–H and O–H groups in total. The topological polar surface area (TPSA) is 142 Å². The maximum atomic E-state index is 14.8. The second kappa shape index (κ2) is 15.6. The summed E-state index contributed by atoms with van der Waals surface area (Å²) in [7, 11) is 4.35. The number of benzene rings is 1. The normalized spacial score (nSPS) is 12.3. The van der Waals surface area contributed by atoms with Gasteiger partial charge in [-0.1, -0.05) is 25.5 Å². The van der Waals surface area contributed by atoms with E-state index in [1.165, 1.54) is 33.9 Å². The molecule has 0 fully saturated rings. The molecule has 47 heavy (non-hydrogen) atoms. The Morgan fingerprint density at radius 2 is 1.87 bits per heavy atom. The van der Waals surface area contributed by atoms with Crippen molar-refractivity contribution in [2.45, 2.75) is 78.0 Å². The molecule has 1 atom stereocenters. The Morgan fingerprint density at radius 1 is 1.17 bits per heavy atom. The van der Waals surface area contributed by atoms with Gasteiger partial charge in [0.15, 0.2) is 17.4 Å². The first kappa shape index (κ1) is 36.6. The summed E-state index contributed by atoms with van der Waals surface area (Å²) in [5.74, 6) is -2.94. The lowest BCUT2D eigenvalue weighted by atomic mass is 10.0. The fourth-order valence-electron chi connectivity index (χ4n) is 4.78. The summed E-state index contributed by atoms with van der Waals surface area (Å²) in [5.41, 5.74) is -1.35. The van der Waals surface area contributed by atoms with Crippen LogP contribution in [0.4, 0.5) is 18.4 Å². The monoisotopic (exact) mass is 657 g/mol. The number of likely N-dealkylation sites (N-methyl/N-ethyl adjacent to an activating group) is 1. The van der Waals surface area contributed by atoms with Crippen molar-refractivity contribution in [1.82, 2.24) is 24.3 Å². The number of aryl methyl sites for hydroxylation is 1. The van der Waals surface area contributed by atoms with Gasteiger partial charge in [0, 0.05) is 43.9 Å². The average Bonchev–Trinajstić information content (AvgIpc) is 3.35. The standard InChI is InChI=1S/C33H41F2N5O7/c1-8-12-21-28(35)22(34)18-24-29(21)37-26(40(24)32(45)47-33(2,3)4)19-39-16-11-13-20(30(39)43)17-25(41)23(36-31(44)46-7)14-9-10-15-27(42)38(5)6/h10-11,13,15-16,18,23H,8-9,12,14,17,19H2,1-7H3,(H,36,44)/b15-10+/t23-/m0/s1. The van der Waals surface area contributed by atoms with Gasteiger partial charge in [-0.15, -0.1) is 0 Å². The Labute approximate surface area is 271 Å². The van der Waals surface area contributed by atoms with Crippen molar-refractivity contribution in [1.29, 1.82) is 0 Å². The molecule has 3 rings (SSSR count). The van der Waals surface area contributed by atoms with Gasteiger partial charge in [0.1, 0.15) is 11.4 Å². The van der Waals surface area contributed by atoms with Crippen LogP contribution < -0.4 is 10.9 Å². The molecule has 0 radical (unpaired) electrons. The second-order valence-electron chi connectivity index (χ2n) is 12.1. The van der Waals surface area contributed by atoms with Crippen LogP contribution in [0.15, 0.2) is 41.3 Å². The number of carbonyl (C=O) groups is 4. The highest BCUT2D eigenvalue weighted by atomic mass is 19.2. The van der Waals surface area contributed by atoms with Crippen LogP contribution in [-0.4, -0.2) is 75.7 Å². The first-order valence-electron chi connectivity index (χ1n) is 15.1. The zero-order valence-corrected chi connectivity index (χ0v) is 27.7. The molecular formula is C33H41F2N5O7. The Morgan fingerprint density at radius 3 is 2.49 bits per heavy atom. The molecule has 0 saturated heterocycles. The lowest BCUT2D eigenvalue weighted by molar-refractivity contribution is -0.123. The fraction of sp³-hybridized carbons (Fsp3) is 0.455. The van der Waals surface area contributed by atoms with Crippen molar-refractivity contribution in [2.75, 3.05) is 21.2 Å². The Balaban J connectivity index is 1.98. The summed E-state index contributed by atoms with van der Waals surface area (Å²) in [4.78, 5) is 69.9. The molecule has 0 saturated carbocycles. The van der Waals surface area contributed by atoms with Gasteiger partial charge < -0.3 is 24.3 Å². The van der Waals surface area contributed by atoms with Crippen LogP contribution in [0, 0.1) is 11.6 Å². The van der Waals surface area contributed by atoms with Gasteiger partial charge in [-0.3, -0.25) is 14.4 Å². The Bertz CT molecular complexity index is 1740. The van der Waals surface area contributed by atoms with Crippen molar-refractivity contribution >= 4 is 34.9 Å². The number of aromatic nitrogens is 3. The van der Waals surface area contributed by atoms with Crippen LogP contribution in [0.3, 0.4) is 0 Å². The minimum absolute atomic E-state index is 0.00262. The number of ether oxygens (including phenoxy) is 2. The van der Waals surface area contributed by atoms with Crippen LogP contribution in [0.2, 0.25) is 0 Å². The van der Waals surface area contributed by atoms with Gasteiger partial charge in [0.25, 0.3) is 5.56 Å². The zero-order valence-electron chi connectivity index (χ0n) is 27.7. The van der Waals surface area contributed by atoms with E-state index in [9.17, 15) is 32.8 Å². The van der Waals surface area contributed by atoms with E-state index in [4.69, 9.17) is 4.74 Å². The summed E-state index contributed by atoms with van der Waals surface area (Å²) in [6.45, 7) is 6.46. The molecule has 0 spiro atoms. The molecule has 0 bridgehead atoms. The predicted molar refractivity (Wildman–Crippen MR) is 170 cm³/mol. The number of fused-ring (bicyclic) bond motifs is 1. The van der Waals surface area contributed by atoms with Crippen LogP contribution in [0.25, 0.3) is 11.0 Å². The Hall–Kier alpha value is -4.88. The SMILES string of the molecule is CCCc1c(F)c(F)cc2c1nc(Cn1cccc(CC(=O)[C@H](CC/C=C/C(=O)N(C)C)NC(=O)OC)c1=O)n2C(=O)OC(C)(C)C. The molecule has 0 aliphatic heterocycles. The van der Waals surface area contributed by atoms with Crippen molar-refractivity contribution in [2.24, 2.45) is 0 Å². The molecule has 2 heterocycles. The molecule has 2 amide bonds. The average molecular weight is 658 g/mol. The Kier molecular flexibility index (Phi) is 12.1. The highest BCUT2D eigenvalue weighted by molar-refractivity contribution is 5.90. The molecule has 3 aromatic rings. The smallest absolute Gasteiger partial charge is 0.420 e. The number of amides is 2. The largest absolute Gasteiger partial charge is 0.453 e. The molecule has 0 unspecified atom stereocenters. The number of hydrogen-bond donors (Lipinski definition) is 1. The van der Waals surface area contributed by atoms with E-state index in [2.05, 4.69) is 15.0 Å². The van der Waals surface area contributed by atoms with Crippen LogP contribution in [0.1, 0.15) is 63.9 Å². The molecule has 12 nitrogen and oxygen atoms in total. The first-order valence-corrected chi connectivity index (χ1v) is 15.1. The summed E-state index contributed by atoms with van der Waals surface area (Å²) < 4.78 is 42.0. The van der Waals surface area contributed by atoms with Crippen molar-refractivity contribution in [3.63, 3.8) is 0 Å². The summed E-state index contributed by atoms with van der Waals surface area (Å²) in [5, 5.41) is 2.47. The fourth-order valence-corrected chi connectivity index (χ4v) is 4.78. The lowest BCUT2D eigenvalue weighted by Crippen LogP contribution is -2.42. The number of halogens is 2. The predicted octanol–water partition coefficient (Wildman–Crippen LogP) is 4.52. The van der Waals surface area contributed by atoms with Gasteiger partial charge >= 0.3 is 12.2 Å². The van der Waals surface area contributed by atoms with Gasteiger partial charge in [-0.25, -0.2) is 27.9 Å². The number of nitrogens with one attached hydrogen (secondary N) is 1. The number of rotatable bonds is 12.